The molecule has 3 N–H and O–H groups in total. The van der Waals surface area contributed by atoms with Crippen molar-refractivity contribution in [1.29, 1.82) is 0 Å². The van der Waals surface area contributed by atoms with Gasteiger partial charge in [0.25, 0.3) is 0 Å². The highest BCUT2D eigenvalue weighted by Crippen LogP contribution is 2.29. The third-order valence-electron chi connectivity index (χ3n) is 3.35. The first-order valence-corrected chi connectivity index (χ1v) is 6.34. The number of nitrogens with zero attached hydrogens (tertiary/aromatic N) is 1. The standard InChI is InChI=1S/C14H18N2O3/c1-9(17)16-5-4-11-6-10(2-3-13(11)16)7-12(15)8-14(18)19/h2-3,6,12H,4-5,7-8,15H2,1H3,(H,18,19). The highest BCUT2D eigenvalue weighted by molar-refractivity contribution is 5.93. The molecule has 1 atom stereocenters. The third kappa shape index (κ3) is 3.12. The van der Waals surface area contributed by atoms with Gasteiger partial charge in [0.05, 0.1) is 6.42 Å². The lowest BCUT2D eigenvalue weighted by Crippen LogP contribution is -2.26. The van der Waals surface area contributed by atoms with Crippen molar-refractivity contribution in [2.24, 2.45) is 5.73 Å². The Morgan fingerprint density at radius 1 is 1.47 bits per heavy atom. The van der Waals surface area contributed by atoms with Crippen LogP contribution in [0.4, 0.5) is 5.69 Å². The van der Waals surface area contributed by atoms with Gasteiger partial charge in [0.2, 0.25) is 5.91 Å². The molecule has 5 nitrogen and oxygen atoms in total. The molecule has 0 aliphatic carbocycles. The number of nitrogens with two attached hydrogens (primary N) is 1. The lowest BCUT2D eigenvalue weighted by atomic mass is 10.0. The molecule has 0 fully saturated rings. The molecule has 1 unspecified atom stereocenters. The number of carboxylic acids is 1. The second-order valence-electron chi connectivity index (χ2n) is 4.95. The van der Waals surface area contributed by atoms with Crippen LogP contribution >= 0.6 is 0 Å². The molecule has 0 bridgehead atoms. The number of carbonyl (C=O) groups is 2. The number of rotatable bonds is 4. The Labute approximate surface area is 112 Å². The van der Waals surface area contributed by atoms with Gasteiger partial charge in [0.15, 0.2) is 0 Å². The molecule has 0 aromatic heterocycles. The molecule has 0 saturated carbocycles. The summed E-state index contributed by atoms with van der Waals surface area (Å²) in [7, 11) is 0. The van der Waals surface area contributed by atoms with Crippen LogP contribution in [0.2, 0.25) is 0 Å². The first-order chi connectivity index (χ1) is 8.97. The summed E-state index contributed by atoms with van der Waals surface area (Å²) in [6, 6.07) is 5.50. The number of benzene rings is 1. The van der Waals surface area contributed by atoms with Crippen molar-refractivity contribution < 1.29 is 14.7 Å². The number of aliphatic carboxylic acids is 1. The fourth-order valence-electron chi connectivity index (χ4n) is 2.51. The van der Waals surface area contributed by atoms with Gasteiger partial charge in [-0.1, -0.05) is 12.1 Å². The molecule has 1 aliphatic heterocycles. The van der Waals surface area contributed by atoms with E-state index in [-0.39, 0.29) is 18.4 Å². The van der Waals surface area contributed by atoms with Gasteiger partial charge in [-0.15, -0.1) is 0 Å². The Hall–Kier alpha value is -1.88. The van der Waals surface area contributed by atoms with Gasteiger partial charge in [0, 0.05) is 25.2 Å². The summed E-state index contributed by atoms with van der Waals surface area (Å²) in [6.45, 7) is 2.28. The van der Waals surface area contributed by atoms with Gasteiger partial charge in [-0.2, -0.15) is 0 Å². The maximum absolute atomic E-state index is 11.4. The predicted molar refractivity (Wildman–Crippen MR) is 72.1 cm³/mol. The van der Waals surface area contributed by atoms with E-state index in [0.29, 0.717) is 6.42 Å². The van der Waals surface area contributed by atoms with Crippen LogP contribution in [0, 0.1) is 0 Å². The first-order valence-electron chi connectivity index (χ1n) is 6.34. The molecule has 0 radical (unpaired) electrons. The van der Waals surface area contributed by atoms with Gasteiger partial charge in [0.1, 0.15) is 0 Å². The maximum atomic E-state index is 11.4. The zero-order valence-electron chi connectivity index (χ0n) is 10.9. The molecule has 2 rings (SSSR count). The quantitative estimate of drug-likeness (QED) is 0.846. The summed E-state index contributed by atoms with van der Waals surface area (Å²) in [4.78, 5) is 23.8. The van der Waals surface area contributed by atoms with Crippen LogP contribution in [0.25, 0.3) is 0 Å². The van der Waals surface area contributed by atoms with Crippen molar-refractivity contribution in [3.8, 4) is 0 Å². The van der Waals surface area contributed by atoms with Crippen molar-refractivity contribution in [3.63, 3.8) is 0 Å². The van der Waals surface area contributed by atoms with Crippen LogP contribution in [0.5, 0.6) is 0 Å². The number of hydrogen-bond acceptors (Lipinski definition) is 3. The lowest BCUT2D eigenvalue weighted by Gasteiger charge is -2.15. The molecule has 1 aliphatic rings. The van der Waals surface area contributed by atoms with E-state index in [0.717, 1.165) is 29.8 Å². The number of hydrogen-bond donors (Lipinski definition) is 2. The number of carboxylic acid groups (broad SMARTS) is 1. The third-order valence-corrected chi connectivity index (χ3v) is 3.35. The van der Waals surface area contributed by atoms with Crippen LogP contribution in [0.1, 0.15) is 24.5 Å². The zero-order chi connectivity index (χ0) is 14.0. The van der Waals surface area contributed by atoms with Crippen LogP contribution in [-0.4, -0.2) is 29.6 Å². The van der Waals surface area contributed by atoms with E-state index in [4.69, 9.17) is 10.8 Å². The summed E-state index contributed by atoms with van der Waals surface area (Å²) in [5.74, 6) is -0.828. The average Bonchev–Trinajstić information content (AvgIpc) is 2.70. The second-order valence-corrected chi connectivity index (χ2v) is 4.95. The van der Waals surface area contributed by atoms with Gasteiger partial charge in [-0.25, -0.2) is 0 Å². The summed E-state index contributed by atoms with van der Waals surface area (Å²) in [6.07, 6.45) is 1.35. The Morgan fingerprint density at radius 3 is 2.84 bits per heavy atom. The van der Waals surface area contributed by atoms with Crippen molar-refractivity contribution in [1.82, 2.24) is 0 Å². The average molecular weight is 262 g/mol. The van der Waals surface area contributed by atoms with Crippen LogP contribution in [-0.2, 0) is 22.4 Å². The Bertz CT molecular complexity index is 513. The van der Waals surface area contributed by atoms with E-state index in [2.05, 4.69) is 0 Å². The number of anilines is 1. The van der Waals surface area contributed by atoms with E-state index in [1.54, 1.807) is 11.8 Å². The van der Waals surface area contributed by atoms with E-state index >= 15 is 0 Å². The Morgan fingerprint density at radius 2 is 2.21 bits per heavy atom. The minimum atomic E-state index is -0.878. The first kappa shape index (κ1) is 13.5. The lowest BCUT2D eigenvalue weighted by molar-refractivity contribution is -0.137. The second kappa shape index (κ2) is 5.40. The topological polar surface area (TPSA) is 83.6 Å². The monoisotopic (exact) mass is 262 g/mol. The fourth-order valence-corrected chi connectivity index (χ4v) is 2.51. The fraction of sp³-hybridized carbons (Fsp3) is 0.429. The van der Waals surface area contributed by atoms with Gasteiger partial charge < -0.3 is 15.7 Å². The van der Waals surface area contributed by atoms with Gasteiger partial charge in [-0.3, -0.25) is 9.59 Å². The van der Waals surface area contributed by atoms with Gasteiger partial charge in [-0.05, 0) is 30.0 Å². The Balaban J connectivity index is 2.10. The molecule has 19 heavy (non-hydrogen) atoms. The van der Waals surface area contributed by atoms with Crippen LogP contribution in [0.3, 0.4) is 0 Å². The van der Waals surface area contributed by atoms with E-state index in [1.165, 1.54) is 0 Å². The zero-order valence-corrected chi connectivity index (χ0v) is 10.9. The minimum Gasteiger partial charge on any atom is -0.481 e. The molecule has 1 aromatic rings. The molecule has 1 amide bonds. The summed E-state index contributed by atoms with van der Waals surface area (Å²) < 4.78 is 0. The maximum Gasteiger partial charge on any atom is 0.304 e. The highest BCUT2D eigenvalue weighted by Gasteiger charge is 2.22. The van der Waals surface area contributed by atoms with E-state index < -0.39 is 5.97 Å². The molecular formula is C14H18N2O3. The molecule has 1 heterocycles. The van der Waals surface area contributed by atoms with Crippen molar-refractivity contribution in [3.05, 3.63) is 29.3 Å². The van der Waals surface area contributed by atoms with Crippen molar-refractivity contribution in [2.45, 2.75) is 32.2 Å². The molecule has 102 valence electrons. The molecule has 0 spiro atoms. The smallest absolute Gasteiger partial charge is 0.304 e. The summed E-state index contributed by atoms with van der Waals surface area (Å²) in [5.41, 5.74) is 8.90. The molecule has 5 heteroatoms. The highest BCUT2D eigenvalue weighted by atomic mass is 16.4. The summed E-state index contributed by atoms with van der Waals surface area (Å²) in [5, 5.41) is 8.69. The molecular weight excluding hydrogens is 244 g/mol. The minimum absolute atomic E-state index is 0.0311. The number of carbonyl (C=O) groups excluding carboxylic acids is 1. The SMILES string of the molecule is CC(=O)N1CCc2cc(CC(N)CC(=O)O)ccc21. The Kier molecular flexibility index (Phi) is 3.85. The predicted octanol–water partition coefficient (Wildman–Crippen LogP) is 0.940. The largest absolute Gasteiger partial charge is 0.481 e. The molecule has 0 saturated heterocycles. The van der Waals surface area contributed by atoms with E-state index in [9.17, 15) is 9.59 Å². The number of fused-ring (bicyclic) bond motifs is 1. The van der Waals surface area contributed by atoms with Gasteiger partial charge >= 0.3 is 5.97 Å². The summed E-state index contributed by atoms with van der Waals surface area (Å²) >= 11 is 0. The van der Waals surface area contributed by atoms with Crippen molar-refractivity contribution >= 4 is 17.6 Å². The van der Waals surface area contributed by atoms with Crippen molar-refractivity contribution in [2.75, 3.05) is 11.4 Å². The molecule has 1 aromatic carbocycles. The van der Waals surface area contributed by atoms with E-state index in [1.807, 2.05) is 18.2 Å². The van der Waals surface area contributed by atoms with Crippen LogP contribution in [0.15, 0.2) is 18.2 Å². The van der Waals surface area contributed by atoms with Crippen LogP contribution < -0.4 is 10.6 Å². The number of amides is 1. The normalized spacial score (nSPS) is 15.2.